The standard InChI is InChI=1S/C21H33NO/c1-2-3-4-5-6-7-8-9-10-11-12-13-18-21-22-19-16-14-15-17-20(19)23-21/h14-17H,2-13,18H2,1H3. The highest BCUT2D eigenvalue weighted by Crippen LogP contribution is 2.17. The van der Waals surface area contributed by atoms with Crippen LogP contribution in [0.4, 0.5) is 0 Å². The van der Waals surface area contributed by atoms with Crippen molar-refractivity contribution < 1.29 is 4.42 Å². The highest BCUT2D eigenvalue weighted by atomic mass is 16.3. The van der Waals surface area contributed by atoms with Gasteiger partial charge in [0.25, 0.3) is 0 Å². The van der Waals surface area contributed by atoms with E-state index in [0.29, 0.717) is 0 Å². The number of unbranched alkanes of at least 4 members (excludes halogenated alkanes) is 11. The van der Waals surface area contributed by atoms with Crippen LogP contribution in [0.2, 0.25) is 0 Å². The predicted molar refractivity (Wildman–Crippen MR) is 98.8 cm³/mol. The molecular weight excluding hydrogens is 282 g/mol. The molecule has 1 aromatic heterocycles. The van der Waals surface area contributed by atoms with Crippen molar-refractivity contribution >= 4 is 11.1 Å². The molecule has 1 aromatic carbocycles. The average Bonchev–Trinajstić information content (AvgIpc) is 2.98. The molecule has 2 aromatic rings. The van der Waals surface area contributed by atoms with Gasteiger partial charge in [0.1, 0.15) is 5.52 Å². The maximum atomic E-state index is 5.76. The molecule has 0 aliphatic heterocycles. The quantitative estimate of drug-likeness (QED) is 0.369. The third-order valence-corrected chi connectivity index (χ3v) is 4.58. The van der Waals surface area contributed by atoms with E-state index < -0.39 is 0 Å². The average molecular weight is 316 g/mol. The molecule has 0 N–H and O–H groups in total. The molecule has 0 amide bonds. The van der Waals surface area contributed by atoms with E-state index in [2.05, 4.69) is 11.9 Å². The van der Waals surface area contributed by atoms with Gasteiger partial charge in [-0.25, -0.2) is 4.98 Å². The highest BCUT2D eigenvalue weighted by molar-refractivity contribution is 5.72. The number of para-hydroxylation sites is 2. The lowest BCUT2D eigenvalue weighted by atomic mass is 10.0. The molecule has 1 heterocycles. The number of nitrogens with zero attached hydrogens (tertiary/aromatic N) is 1. The molecule has 0 bridgehead atoms. The number of oxazole rings is 1. The van der Waals surface area contributed by atoms with Crippen molar-refractivity contribution in [3.05, 3.63) is 30.2 Å². The van der Waals surface area contributed by atoms with E-state index in [-0.39, 0.29) is 0 Å². The fourth-order valence-corrected chi connectivity index (χ4v) is 3.14. The van der Waals surface area contributed by atoms with Crippen LogP contribution >= 0.6 is 0 Å². The van der Waals surface area contributed by atoms with E-state index in [4.69, 9.17) is 4.42 Å². The van der Waals surface area contributed by atoms with Crippen molar-refractivity contribution in [2.45, 2.75) is 90.4 Å². The summed E-state index contributed by atoms with van der Waals surface area (Å²) in [5.41, 5.74) is 1.91. The third kappa shape index (κ3) is 7.20. The first-order valence-corrected chi connectivity index (χ1v) is 9.74. The van der Waals surface area contributed by atoms with E-state index in [1.54, 1.807) is 0 Å². The van der Waals surface area contributed by atoms with Gasteiger partial charge in [-0.15, -0.1) is 0 Å². The fraction of sp³-hybridized carbons (Fsp3) is 0.667. The Hall–Kier alpha value is -1.31. The first-order valence-electron chi connectivity index (χ1n) is 9.74. The van der Waals surface area contributed by atoms with Gasteiger partial charge in [0.15, 0.2) is 11.5 Å². The monoisotopic (exact) mass is 315 g/mol. The van der Waals surface area contributed by atoms with Crippen LogP contribution in [0, 0.1) is 0 Å². The lowest BCUT2D eigenvalue weighted by Gasteiger charge is -2.02. The van der Waals surface area contributed by atoms with Crippen molar-refractivity contribution in [3.63, 3.8) is 0 Å². The Balaban J connectivity index is 1.42. The van der Waals surface area contributed by atoms with Crippen LogP contribution in [0.1, 0.15) is 89.9 Å². The van der Waals surface area contributed by atoms with E-state index in [0.717, 1.165) is 23.4 Å². The van der Waals surface area contributed by atoms with Gasteiger partial charge in [-0.1, -0.05) is 89.7 Å². The van der Waals surface area contributed by atoms with Gasteiger partial charge in [0.05, 0.1) is 0 Å². The topological polar surface area (TPSA) is 26.0 Å². The van der Waals surface area contributed by atoms with Gasteiger partial charge < -0.3 is 4.42 Å². The number of aromatic nitrogens is 1. The summed E-state index contributed by atoms with van der Waals surface area (Å²) >= 11 is 0. The molecule has 2 rings (SSSR count). The maximum absolute atomic E-state index is 5.76. The molecule has 2 nitrogen and oxygen atoms in total. The zero-order valence-electron chi connectivity index (χ0n) is 14.9. The van der Waals surface area contributed by atoms with Gasteiger partial charge >= 0.3 is 0 Å². The molecule has 23 heavy (non-hydrogen) atoms. The van der Waals surface area contributed by atoms with Gasteiger partial charge in [0, 0.05) is 6.42 Å². The summed E-state index contributed by atoms with van der Waals surface area (Å²) in [6.07, 6.45) is 17.6. The molecule has 128 valence electrons. The minimum atomic E-state index is 0.901. The summed E-state index contributed by atoms with van der Waals surface area (Å²) in [4.78, 5) is 4.53. The van der Waals surface area contributed by atoms with Gasteiger partial charge in [-0.2, -0.15) is 0 Å². The Kier molecular flexibility index (Phi) is 8.83. The first kappa shape index (κ1) is 18.0. The second kappa shape index (κ2) is 11.3. The summed E-state index contributed by atoms with van der Waals surface area (Å²) < 4.78 is 5.76. The van der Waals surface area contributed by atoms with Crippen LogP contribution < -0.4 is 0 Å². The van der Waals surface area contributed by atoms with Gasteiger partial charge in [0.2, 0.25) is 0 Å². The minimum Gasteiger partial charge on any atom is -0.441 e. The molecule has 0 fully saturated rings. The van der Waals surface area contributed by atoms with Crippen molar-refractivity contribution in [1.82, 2.24) is 4.98 Å². The first-order chi connectivity index (χ1) is 11.4. The van der Waals surface area contributed by atoms with Crippen molar-refractivity contribution in [3.8, 4) is 0 Å². The number of rotatable bonds is 13. The van der Waals surface area contributed by atoms with Crippen molar-refractivity contribution in [2.24, 2.45) is 0 Å². The van der Waals surface area contributed by atoms with E-state index >= 15 is 0 Å². The zero-order chi connectivity index (χ0) is 16.2. The Morgan fingerprint density at radius 3 is 1.91 bits per heavy atom. The number of benzene rings is 1. The molecule has 0 aliphatic rings. The van der Waals surface area contributed by atoms with Crippen LogP contribution in [0.15, 0.2) is 28.7 Å². The molecule has 2 heteroatoms. The molecule has 0 unspecified atom stereocenters. The summed E-state index contributed by atoms with van der Waals surface area (Å²) in [5, 5.41) is 0. The van der Waals surface area contributed by atoms with Crippen LogP contribution in [0.25, 0.3) is 11.1 Å². The summed E-state index contributed by atoms with van der Waals surface area (Å²) in [5.74, 6) is 0.901. The maximum Gasteiger partial charge on any atom is 0.195 e. The Labute approximate surface area is 141 Å². The third-order valence-electron chi connectivity index (χ3n) is 4.58. The number of hydrogen-bond donors (Lipinski definition) is 0. The SMILES string of the molecule is CCCCCCCCCCCCCCc1nc2ccccc2o1. The second-order valence-electron chi connectivity index (χ2n) is 6.71. The number of fused-ring (bicyclic) bond motifs is 1. The molecule has 0 saturated heterocycles. The van der Waals surface area contributed by atoms with Gasteiger partial charge in [-0.05, 0) is 18.6 Å². The Bertz CT molecular complexity index is 498. The van der Waals surface area contributed by atoms with E-state index in [9.17, 15) is 0 Å². The number of hydrogen-bond acceptors (Lipinski definition) is 2. The molecule has 0 saturated carbocycles. The van der Waals surface area contributed by atoms with Crippen LogP contribution in [-0.2, 0) is 6.42 Å². The van der Waals surface area contributed by atoms with Crippen LogP contribution in [0.5, 0.6) is 0 Å². The highest BCUT2D eigenvalue weighted by Gasteiger charge is 2.04. The summed E-state index contributed by atoms with van der Waals surface area (Å²) in [7, 11) is 0. The summed E-state index contributed by atoms with van der Waals surface area (Å²) in [6, 6.07) is 8.03. The smallest absolute Gasteiger partial charge is 0.195 e. The second-order valence-corrected chi connectivity index (χ2v) is 6.71. The fourth-order valence-electron chi connectivity index (χ4n) is 3.14. The predicted octanol–water partition coefficient (Wildman–Crippen LogP) is 7.07. The van der Waals surface area contributed by atoms with E-state index in [1.165, 1.54) is 77.0 Å². The normalized spacial score (nSPS) is 11.3. The van der Waals surface area contributed by atoms with Crippen LogP contribution in [-0.4, -0.2) is 4.98 Å². The summed E-state index contributed by atoms with van der Waals surface area (Å²) in [6.45, 7) is 2.28. The zero-order valence-corrected chi connectivity index (χ0v) is 14.9. The largest absolute Gasteiger partial charge is 0.441 e. The lowest BCUT2D eigenvalue weighted by Crippen LogP contribution is -1.86. The molecular formula is C21H33NO. The molecule has 0 radical (unpaired) electrons. The van der Waals surface area contributed by atoms with Crippen molar-refractivity contribution in [1.29, 1.82) is 0 Å². The molecule has 0 atom stereocenters. The van der Waals surface area contributed by atoms with Crippen molar-refractivity contribution in [2.75, 3.05) is 0 Å². The van der Waals surface area contributed by atoms with E-state index in [1.807, 2.05) is 24.3 Å². The molecule has 0 aliphatic carbocycles. The van der Waals surface area contributed by atoms with Crippen LogP contribution in [0.3, 0.4) is 0 Å². The molecule has 0 spiro atoms. The Morgan fingerprint density at radius 2 is 1.30 bits per heavy atom. The minimum absolute atomic E-state index is 0.901. The van der Waals surface area contributed by atoms with Gasteiger partial charge in [-0.3, -0.25) is 0 Å². The lowest BCUT2D eigenvalue weighted by molar-refractivity contribution is 0.500. The number of aryl methyl sites for hydroxylation is 1. The Morgan fingerprint density at radius 1 is 0.739 bits per heavy atom.